The van der Waals surface area contributed by atoms with Crippen molar-refractivity contribution in [2.75, 3.05) is 13.1 Å². The van der Waals surface area contributed by atoms with Crippen molar-refractivity contribution in [3.8, 4) is 0 Å². The summed E-state index contributed by atoms with van der Waals surface area (Å²) < 4.78 is 62.1. The molecule has 1 fully saturated rings. The number of carboxylic acids is 1. The van der Waals surface area contributed by atoms with E-state index in [0.717, 1.165) is 0 Å². The van der Waals surface area contributed by atoms with E-state index in [4.69, 9.17) is 0 Å². The molecule has 1 aliphatic heterocycles. The van der Waals surface area contributed by atoms with Gasteiger partial charge in [-0.25, -0.2) is 0 Å². The number of aliphatic carboxylic acids is 1. The minimum absolute atomic E-state index is 0.117. The second kappa shape index (κ2) is 5.49. The van der Waals surface area contributed by atoms with Gasteiger partial charge in [-0.1, -0.05) is 13.8 Å². The van der Waals surface area contributed by atoms with Crippen LogP contribution in [0.5, 0.6) is 0 Å². The topological polar surface area (TPSA) is 86.7 Å². The third-order valence-electron chi connectivity index (χ3n) is 3.23. The van der Waals surface area contributed by atoms with Crippen LogP contribution in [0.2, 0.25) is 0 Å². The van der Waals surface area contributed by atoms with Gasteiger partial charge in [0, 0.05) is 6.54 Å². The van der Waals surface area contributed by atoms with E-state index in [1.807, 2.05) is 0 Å². The van der Waals surface area contributed by atoms with Crippen molar-refractivity contribution in [2.45, 2.75) is 38.9 Å². The SMILES string of the molecule is CC1(C)CCCN(S(=O)(=O)NCC(F)(F)F)C1C(=O)O. The van der Waals surface area contributed by atoms with Gasteiger partial charge < -0.3 is 5.11 Å². The minimum Gasteiger partial charge on any atom is -0.480 e. The molecule has 0 saturated carbocycles. The standard InChI is InChI=1S/C10H17F3N2O4S/c1-9(2)4-3-5-15(7(9)8(16)17)20(18,19)14-6-10(11,12)13/h7,14H,3-6H2,1-2H3,(H,16,17). The van der Waals surface area contributed by atoms with Crippen molar-refractivity contribution in [1.29, 1.82) is 0 Å². The number of carboxylic acid groups (broad SMARTS) is 1. The summed E-state index contributed by atoms with van der Waals surface area (Å²) >= 11 is 0. The molecule has 1 heterocycles. The fourth-order valence-electron chi connectivity index (χ4n) is 2.32. The molecule has 2 N–H and O–H groups in total. The van der Waals surface area contributed by atoms with Crippen LogP contribution in [0.1, 0.15) is 26.7 Å². The van der Waals surface area contributed by atoms with Crippen molar-refractivity contribution in [1.82, 2.24) is 9.03 Å². The van der Waals surface area contributed by atoms with Crippen molar-refractivity contribution in [3.05, 3.63) is 0 Å². The zero-order valence-electron chi connectivity index (χ0n) is 11.1. The van der Waals surface area contributed by atoms with Crippen LogP contribution in [0.3, 0.4) is 0 Å². The predicted octanol–water partition coefficient (Wildman–Crippen LogP) is 0.958. The Labute approximate surface area is 115 Å². The molecule has 0 amide bonds. The van der Waals surface area contributed by atoms with Gasteiger partial charge in [-0.05, 0) is 18.3 Å². The first-order valence-electron chi connectivity index (χ1n) is 5.93. The highest BCUT2D eigenvalue weighted by atomic mass is 32.2. The van der Waals surface area contributed by atoms with Crippen LogP contribution in [-0.2, 0) is 15.0 Å². The maximum Gasteiger partial charge on any atom is 0.402 e. The number of nitrogens with one attached hydrogen (secondary N) is 1. The van der Waals surface area contributed by atoms with Gasteiger partial charge in [0.15, 0.2) is 0 Å². The molecule has 0 aromatic carbocycles. The normalized spacial score (nSPS) is 24.6. The van der Waals surface area contributed by atoms with Crippen LogP contribution in [0.15, 0.2) is 0 Å². The summed E-state index contributed by atoms with van der Waals surface area (Å²) in [6.07, 6.45) is -3.82. The smallest absolute Gasteiger partial charge is 0.402 e. The highest BCUT2D eigenvalue weighted by Gasteiger charge is 2.47. The molecule has 1 atom stereocenters. The number of alkyl halides is 3. The van der Waals surface area contributed by atoms with Gasteiger partial charge in [0.1, 0.15) is 12.6 Å². The van der Waals surface area contributed by atoms with E-state index < -0.39 is 40.4 Å². The van der Waals surface area contributed by atoms with Gasteiger partial charge in [-0.2, -0.15) is 30.6 Å². The lowest BCUT2D eigenvalue weighted by Crippen LogP contribution is -2.59. The van der Waals surface area contributed by atoms with Crippen molar-refractivity contribution < 1.29 is 31.5 Å². The maximum atomic E-state index is 12.1. The Morgan fingerprint density at radius 2 is 2.00 bits per heavy atom. The van der Waals surface area contributed by atoms with E-state index in [2.05, 4.69) is 0 Å². The average molecular weight is 318 g/mol. The van der Waals surface area contributed by atoms with Crippen molar-refractivity contribution in [3.63, 3.8) is 0 Å². The van der Waals surface area contributed by atoms with E-state index in [-0.39, 0.29) is 6.54 Å². The molecule has 10 heteroatoms. The molecule has 1 saturated heterocycles. The Kier molecular flexibility index (Phi) is 4.72. The molecule has 0 bridgehead atoms. The summed E-state index contributed by atoms with van der Waals surface area (Å²) in [5.41, 5.74) is -0.850. The van der Waals surface area contributed by atoms with Crippen LogP contribution < -0.4 is 4.72 Å². The summed E-state index contributed by atoms with van der Waals surface area (Å²) in [5.74, 6) is -1.37. The Balaban J connectivity index is 2.99. The van der Waals surface area contributed by atoms with Gasteiger partial charge in [0.05, 0.1) is 0 Å². The summed E-state index contributed by atoms with van der Waals surface area (Å²) in [6, 6.07) is -1.39. The molecule has 0 aromatic heterocycles. The highest BCUT2D eigenvalue weighted by molar-refractivity contribution is 7.87. The van der Waals surface area contributed by atoms with Crippen LogP contribution in [0.25, 0.3) is 0 Å². The van der Waals surface area contributed by atoms with Crippen LogP contribution in [0, 0.1) is 5.41 Å². The fraction of sp³-hybridized carbons (Fsp3) is 0.900. The molecule has 0 spiro atoms. The summed E-state index contributed by atoms with van der Waals surface area (Å²) in [7, 11) is -4.50. The van der Waals surface area contributed by atoms with E-state index >= 15 is 0 Å². The lowest BCUT2D eigenvalue weighted by molar-refractivity contribution is -0.147. The number of hydrogen-bond donors (Lipinski definition) is 2. The Morgan fingerprint density at radius 3 is 2.45 bits per heavy atom. The zero-order chi connectivity index (χ0) is 15.8. The largest absolute Gasteiger partial charge is 0.480 e. The van der Waals surface area contributed by atoms with Crippen molar-refractivity contribution in [2.24, 2.45) is 5.41 Å². The van der Waals surface area contributed by atoms with Gasteiger partial charge in [-0.15, -0.1) is 0 Å². The maximum absolute atomic E-state index is 12.1. The third kappa shape index (κ3) is 4.06. The van der Waals surface area contributed by atoms with E-state index in [1.54, 1.807) is 13.8 Å². The Hall–Kier alpha value is -0.870. The van der Waals surface area contributed by atoms with E-state index in [9.17, 15) is 31.5 Å². The van der Waals surface area contributed by atoms with Crippen LogP contribution in [-0.4, -0.2) is 49.1 Å². The average Bonchev–Trinajstić information content (AvgIpc) is 2.23. The lowest BCUT2D eigenvalue weighted by atomic mass is 9.77. The Bertz CT molecular complexity index is 475. The second-order valence-electron chi connectivity index (χ2n) is 5.38. The number of halogens is 3. The highest BCUT2D eigenvalue weighted by Crippen LogP contribution is 2.36. The van der Waals surface area contributed by atoms with Crippen LogP contribution >= 0.6 is 0 Å². The molecule has 0 aromatic rings. The molecule has 20 heavy (non-hydrogen) atoms. The van der Waals surface area contributed by atoms with Gasteiger partial charge >= 0.3 is 12.1 Å². The zero-order valence-corrected chi connectivity index (χ0v) is 11.9. The first kappa shape index (κ1) is 17.2. The molecule has 1 aliphatic rings. The lowest BCUT2D eigenvalue weighted by Gasteiger charge is -2.42. The molecule has 1 unspecified atom stereocenters. The number of carbonyl (C=O) groups is 1. The molecular weight excluding hydrogens is 301 g/mol. The first-order valence-corrected chi connectivity index (χ1v) is 7.37. The van der Waals surface area contributed by atoms with Gasteiger partial charge in [0.25, 0.3) is 10.2 Å². The second-order valence-corrected chi connectivity index (χ2v) is 7.09. The van der Waals surface area contributed by atoms with E-state index in [1.165, 1.54) is 4.72 Å². The molecule has 0 radical (unpaired) electrons. The Morgan fingerprint density at radius 1 is 1.45 bits per heavy atom. The molecule has 1 rings (SSSR count). The number of hydrogen-bond acceptors (Lipinski definition) is 3. The first-order chi connectivity index (χ1) is 8.87. The molecular formula is C10H17F3N2O4S. The predicted molar refractivity (Wildman–Crippen MR) is 64.1 cm³/mol. The van der Waals surface area contributed by atoms with E-state index in [0.29, 0.717) is 17.1 Å². The number of nitrogens with zero attached hydrogens (tertiary/aromatic N) is 1. The van der Waals surface area contributed by atoms with Gasteiger partial charge in [0.2, 0.25) is 0 Å². The molecule has 6 nitrogen and oxygen atoms in total. The summed E-state index contributed by atoms with van der Waals surface area (Å²) in [4.78, 5) is 11.3. The molecule has 118 valence electrons. The quantitative estimate of drug-likeness (QED) is 0.808. The summed E-state index contributed by atoms with van der Waals surface area (Å²) in [5, 5.41) is 9.18. The fourth-order valence-corrected chi connectivity index (χ4v) is 3.85. The van der Waals surface area contributed by atoms with Crippen molar-refractivity contribution >= 4 is 16.2 Å². The summed E-state index contributed by atoms with van der Waals surface area (Å²) in [6.45, 7) is 1.32. The van der Waals surface area contributed by atoms with Crippen LogP contribution in [0.4, 0.5) is 13.2 Å². The van der Waals surface area contributed by atoms with Gasteiger partial charge in [-0.3, -0.25) is 4.79 Å². The third-order valence-corrected chi connectivity index (χ3v) is 4.75. The number of piperidine rings is 1. The number of rotatable bonds is 4. The monoisotopic (exact) mass is 318 g/mol. The molecule has 0 aliphatic carbocycles. The minimum atomic E-state index is -4.70.